The van der Waals surface area contributed by atoms with Crippen LogP contribution in [0.1, 0.15) is 40.3 Å². The molecule has 0 aliphatic carbocycles. The van der Waals surface area contributed by atoms with Gasteiger partial charge in [-0.15, -0.1) is 4.91 Å². The molecule has 0 fully saturated rings. The maximum atomic E-state index is 8.01. The molecule has 550 valence electrons. The van der Waals surface area contributed by atoms with Gasteiger partial charge in [0.1, 0.15) is 0 Å². The molecule has 0 atom stereocenters. The minimum absolute atomic E-state index is 0. The minimum Gasteiger partial charge on any atom is -0.826 e. The Morgan fingerprint density at radius 2 is 0.376 bits per heavy atom. The first kappa shape index (κ1) is 110. The number of rotatable bonds is 6. The molecular weight excluding hydrogens is 1980 g/mol. The molecule has 0 unspecified atom stereocenters. The molecule has 8 aromatic carbocycles. The van der Waals surface area contributed by atoms with Gasteiger partial charge in [-0.25, -0.2) is 63.7 Å². The van der Waals surface area contributed by atoms with Crippen LogP contribution >= 0.6 is 0 Å². The summed E-state index contributed by atoms with van der Waals surface area (Å²) in [6.45, 7) is 26.9. The summed E-state index contributed by atoms with van der Waals surface area (Å²) in [6, 6.07) is 60.8. The summed E-state index contributed by atoms with van der Waals surface area (Å²) in [7, 11) is 0. The number of allylic oxidation sites excluding steroid dienone is 2. The molecule has 0 aliphatic rings. The van der Waals surface area contributed by atoms with Crippen LogP contribution in [0.25, 0.3) is 48.8 Å². The van der Waals surface area contributed by atoms with E-state index in [9.17, 15) is 0 Å². The van der Waals surface area contributed by atoms with Crippen molar-refractivity contribution in [1.29, 1.82) is 5.26 Å². The van der Waals surface area contributed by atoms with Gasteiger partial charge < -0.3 is 303 Å². The van der Waals surface area contributed by atoms with Gasteiger partial charge >= 0.3 is 0 Å². The Labute approximate surface area is 787 Å². The summed E-state index contributed by atoms with van der Waals surface area (Å²) in [4.78, 5) is 20.8. The fourth-order valence-corrected chi connectivity index (χ4v) is 10.8. The molecule has 8 rings (SSSR count). The Bertz CT molecular complexity index is 3550. The zero-order chi connectivity index (χ0) is 72.1. The van der Waals surface area contributed by atoms with Crippen molar-refractivity contribution in [3.63, 3.8) is 0 Å². The van der Waals surface area contributed by atoms with E-state index >= 15 is 0 Å². The van der Waals surface area contributed by atoms with Gasteiger partial charge in [0.15, 0.2) is 0 Å². The predicted molar refractivity (Wildman–Crippen MR) is 447 cm³/mol. The third-order valence-corrected chi connectivity index (χ3v) is 22.1. The van der Waals surface area contributed by atoms with Crippen LogP contribution in [0.15, 0.2) is 271 Å². The van der Waals surface area contributed by atoms with Crippen molar-refractivity contribution >= 4 is 333 Å². The molecular formula is C66H33N5Ni6S24-24. The number of nitrogens with zero attached hydrogens (tertiary/aromatic N) is 5. The topological polar surface area (TPSA) is 41.2 Å². The zero-order valence-electron chi connectivity index (χ0n) is 49.8. The molecule has 0 aliphatic heterocycles. The Hall–Kier alpha value is -2.11. The Kier molecular flexibility index (Phi) is 66.2. The number of nitriles is 1. The third kappa shape index (κ3) is 39.0. The van der Waals surface area contributed by atoms with Crippen molar-refractivity contribution in [2.24, 2.45) is 0 Å². The normalized spacial score (nSPS) is 10.6. The SMILES string of the molecule is [C-]#[N+]C([S-])=C(C)[S-].[C-]#[N+]C([S-])=C([S-])C#N.[C-]#[N+]C([S-])=C([S-])[N+]#[C-].[Ni].[Ni].[Ni].[Ni].[Ni].[Ni].[S-]C(=C([S-])c1ccccc1)c1ccccc1.[S-]C(=C([S-])c1ccccc1)c1ccccc1.[S-]C(=C([S-])c1ccccc1)c1ccccc1.[S-]c1c([S-])c([S-])c([S-])c([S-])c1[S-].[S-]c1c([S-])c([S-])c([S-])c([S-])c1[S-]. The second-order valence-corrected chi connectivity index (χ2v) is 26.7. The summed E-state index contributed by atoms with van der Waals surface area (Å²) in [6.07, 6.45) is 0. The van der Waals surface area contributed by atoms with E-state index < -0.39 is 0 Å². The molecule has 5 nitrogen and oxygen atoms in total. The second kappa shape index (κ2) is 60.9. The Morgan fingerprint density at radius 1 is 0.248 bits per heavy atom. The molecule has 0 N–H and O–H groups in total. The first-order valence-corrected chi connectivity index (χ1v) is 34.9. The van der Waals surface area contributed by atoms with Crippen LogP contribution in [-0.4, -0.2) is 0 Å². The summed E-state index contributed by atoms with van der Waals surface area (Å²) in [5.41, 5.74) is 6.04. The van der Waals surface area contributed by atoms with E-state index in [0.717, 1.165) is 62.8 Å². The summed E-state index contributed by atoms with van der Waals surface area (Å²) < 4.78 is 0. The van der Waals surface area contributed by atoms with E-state index in [1.54, 1.807) is 13.0 Å². The van der Waals surface area contributed by atoms with Crippen LogP contribution in [0.3, 0.4) is 0 Å². The Morgan fingerprint density at radius 3 is 0.455 bits per heavy atom. The van der Waals surface area contributed by atoms with Gasteiger partial charge in [-0.3, -0.25) is 19.4 Å². The monoisotopic (exact) mass is 2010 g/mol. The third-order valence-electron chi connectivity index (χ3n) is 10.5. The van der Waals surface area contributed by atoms with Gasteiger partial charge in [-0.1, -0.05) is 189 Å². The van der Waals surface area contributed by atoms with Gasteiger partial charge in [0.2, 0.25) is 0 Å². The van der Waals surface area contributed by atoms with E-state index in [1.165, 1.54) is 0 Å². The van der Waals surface area contributed by atoms with Crippen molar-refractivity contribution in [2.75, 3.05) is 0 Å². The summed E-state index contributed by atoms with van der Waals surface area (Å²) in [5.74, 6) is 0. The fraction of sp³-hybridized carbons (Fsp3) is 0.0152. The van der Waals surface area contributed by atoms with Crippen LogP contribution in [0.2, 0.25) is 0 Å². The van der Waals surface area contributed by atoms with Crippen LogP contribution < -0.4 is 0 Å². The number of benzene rings is 8. The molecule has 8 aromatic rings. The molecule has 0 heterocycles. The van der Waals surface area contributed by atoms with Crippen molar-refractivity contribution in [1.82, 2.24) is 0 Å². The molecule has 0 bridgehead atoms. The van der Waals surface area contributed by atoms with Crippen LogP contribution in [0.4, 0.5) is 0 Å². The van der Waals surface area contributed by atoms with E-state index in [2.05, 4.69) is 95.2 Å². The largest absolute Gasteiger partial charge is 0.826 e. The van der Waals surface area contributed by atoms with E-state index in [0.29, 0.717) is 63.7 Å². The second-order valence-electron chi connectivity index (χ2n) is 16.8. The van der Waals surface area contributed by atoms with Gasteiger partial charge in [0, 0.05) is 119 Å². The van der Waals surface area contributed by atoms with Crippen molar-refractivity contribution in [2.45, 2.75) is 65.7 Å². The van der Waals surface area contributed by atoms with E-state index in [1.807, 2.05) is 182 Å². The smallest absolute Gasteiger partial charge is 0.0897 e. The summed E-state index contributed by atoms with van der Waals surface area (Å²) >= 11 is 118. The quantitative estimate of drug-likeness (QED) is 0.0521. The maximum absolute atomic E-state index is 8.01. The number of hydrogen-bond acceptors (Lipinski definition) is 25. The van der Waals surface area contributed by atoms with Crippen LogP contribution in [-0.2, 0) is 402 Å². The van der Waals surface area contributed by atoms with E-state index in [4.69, 9.17) is 259 Å². The van der Waals surface area contributed by atoms with Gasteiger partial charge in [-0.2, -0.15) is 34.7 Å². The predicted octanol–water partition coefficient (Wildman–Crippen LogP) is 16.0. The molecule has 0 amide bonds. The van der Waals surface area contributed by atoms with Crippen molar-refractivity contribution in [3.8, 4) is 6.07 Å². The van der Waals surface area contributed by atoms with Crippen LogP contribution in [0.5, 0.6) is 0 Å². The van der Waals surface area contributed by atoms with Crippen molar-refractivity contribution in [3.05, 3.63) is 291 Å². The first-order valence-electron chi connectivity index (χ1n) is 25.1. The first-order chi connectivity index (χ1) is 44.9. The zero-order valence-corrected chi connectivity index (χ0v) is 75.3. The minimum atomic E-state index is -0.123. The molecule has 0 spiro atoms. The molecule has 0 saturated carbocycles. The maximum Gasteiger partial charge on any atom is 0.0897 e. The summed E-state index contributed by atoms with van der Waals surface area (Å²) in [5, 5.41) is 7.86. The van der Waals surface area contributed by atoms with E-state index in [-0.39, 0.29) is 124 Å². The molecule has 101 heavy (non-hydrogen) atoms. The average molecular weight is 2020 g/mol. The van der Waals surface area contributed by atoms with Crippen molar-refractivity contribution < 1.29 is 98.9 Å². The van der Waals surface area contributed by atoms with Gasteiger partial charge in [-0.05, 0) is 33.4 Å². The average Bonchev–Trinajstić information content (AvgIpc) is 0.820. The molecule has 35 heteroatoms. The number of hydrogen-bond donors (Lipinski definition) is 0. The standard InChI is InChI=1S/3C14H12S2.2C6H6S6.2C4H2N2S2.C4H5NS2.6Ni/c3*15-13(11-7-3-1-4-8-11)14(16)12-9-5-2-6-10-12;2*7-1-2(8)4(10)6(12)5(11)3(1)9;1-5-3(7)4(8)6-2;1-6-4(8)3(7)2-5;1-3(6)4(7)5-2;;;;;;/h3*1-10,15-16H;2*7-12H;2*7-8H;6-7H,1H3;;;;;;/p-24. The Balaban J connectivity index is -0.000000257. The molecule has 0 saturated heterocycles. The van der Waals surface area contributed by atoms with Crippen LogP contribution in [0, 0.1) is 37.6 Å². The molecule has 0 radical (unpaired) electrons. The fourth-order valence-electron chi connectivity index (χ4n) is 5.83. The van der Waals surface area contributed by atoms with Gasteiger partial charge in [0.05, 0.1) is 32.4 Å². The van der Waals surface area contributed by atoms with Gasteiger partial charge in [0.25, 0.3) is 0 Å². The molecule has 0 aromatic heterocycles.